The molecule has 0 saturated heterocycles. The molecule has 0 aliphatic heterocycles. The van der Waals surface area contributed by atoms with Crippen LogP contribution in [0.3, 0.4) is 0 Å². The first-order valence-corrected chi connectivity index (χ1v) is 6.08. The average Bonchev–Trinajstić information content (AvgIpc) is 2.42. The molecule has 100 valence electrons. The topological polar surface area (TPSA) is 70.5 Å². The molecule has 2 aromatic rings. The molecule has 4 nitrogen and oxygen atoms in total. The van der Waals surface area contributed by atoms with Crippen LogP contribution < -0.4 is 16.2 Å². The third-order valence-corrected chi connectivity index (χ3v) is 2.80. The van der Waals surface area contributed by atoms with Crippen LogP contribution in [0.2, 0.25) is 0 Å². The smallest absolute Gasteiger partial charge is 0.142 e. The summed E-state index contributed by atoms with van der Waals surface area (Å²) in [4.78, 5) is 0. The quantitative estimate of drug-likeness (QED) is 0.638. The minimum Gasteiger partial charge on any atom is -0.489 e. The molecule has 4 heteroatoms. The van der Waals surface area contributed by atoms with Gasteiger partial charge in [0, 0.05) is 12.8 Å². The molecule has 4 N–H and O–H groups in total. The van der Waals surface area contributed by atoms with Crippen LogP contribution in [-0.4, -0.2) is 20.3 Å². The molecular formula is C15H18N2O2. The van der Waals surface area contributed by atoms with E-state index in [-0.39, 0.29) is 0 Å². The Labute approximate surface area is 112 Å². The van der Waals surface area contributed by atoms with Gasteiger partial charge in [0.15, 0.2) is 0 Å². The highest BCUT2D eigenvalue weighted by atomic mass is 16.5. The minimum absolute atomic E-state index is 0.478. The maximum absolute atomic E-state index is 5.89. The summed E-state index contributed by atoms with van der Waals surface area (Å²) in [7, 11) is 1.64. The van der Waals surface area contributed by atoms with Crippen LogP contribution in [0, 0.1) is 0 Å². The second kappa shape index (κ2) is 6.11. The highest BCUT2D eigenvalue weighted by Gasteiger charge is 2.04. The molecule has 0 bridgehead atoms. The summed E-state index contributed by atoms with van der Waals surface area (Å²) >= 11 is 0. The molecule has 0 amide bonds. The maximum Gasteiger partial charge on any atom is 0.142 e. The Morgan fingerprint density at radius 3 is 2.26 bits per heavy atom. The number of nitrogen functional groups attached to an aromatic ring is 2. The number of ether oxygens (including phenoxy) is 2. The van der Waals surface area contributed by atoms with E-state index in [1.165, 1.54) is 0 Å². The van der Waals surface area contributed by atoms with Crippen LogP contribution in [0.25, 0.3) is 11.1 Å². The van der Waals surface area contributed by atoms with Crippen molar-refractivity contribution in [1.82, 2.24) is 0 Å². The van der Waals surface area contributed by atoms with Crippen molar-refractivity contribution in [2.24, 2.45) is 0 Å². The van der Waals surface area contributed by atoms with Gasteiger partial charge in [0.25, 0.3) is 0 Å². The highest BCUT2D eigenvalue weighted by molar-refractivity contribution is 5.70. The van der Waals surface area contributed by atoms with E-state index in [4.69, 9.17) is 20.9 Å². The fourth-order valence-electron chi connectivity index (χ4n) is 1.75. The molecule has 0 atom stereocenters. The Kier molecular flexibility index (Phi) is 4.26. The number of nitrogens with two attached hydrogens (primary N) is 2. The third-order valence-electron chi connectivity index (χ3n) is 2.80. The van der Waals surface area contributed by atoms with Gasteiger partial charge in [0.2, 0.25) is 0 Å². The van der Waals surface area contributed by atoms with Crippen molar-refractivity contribution in [2.75, 3.05) is 31.8 Å². The zero-order valence-corrected chi connectivity index (χ0v) is 10.9. The van der Waals surface area contributed by atoms with E-state index in [2.05, 4.69) is 0 Å². The van der Waals surface area contributed by atoms with Crippen LogP contribution in [0.5, 0.6) is 5.75 Å². The molecule has 0 spiro atoms. The fourth-order valence-corrected chi connectivity index (χ4v) is 1.75. The third kappa shape index (κ3) is 3.39. The first-order chi connectivity index (χ1) is 9.20. The van der Waals surface area contributed by atoms with Gasteiger partial charge in [0.1, 0.15) is 12.4 Å². The summed E-state index contributed by atoms with van der Waals surface area (Å²) in [5.74, 6) is 0.673. The summed E-state index contributed by atoms with van der Waals surface area (Å²) in [6, 6.07) is 13.4. The van der Waals surface area contributed by atoms with Crippen LogP contribution in [0.1, 0.15) is 0 Å². The zero-order chi connectivity index (χ0) is 13.7. The zero-order valence-electron chi connectivity index (χ0n) is 10.9. The van der Waals surface area contributed by atoms with E-state index in [0.29, 0.717) is 24.7 Å². The summed E-state index contributed by atoms with van der Waals surface area (Å²) in [6.07, 6.45) is 0. The van der Waals surface area contributed by atoms with Crippen LogP contribution in [0.4, 0.5) is 11.4 Å². The van der Waals surface area contributed by atoms with E-state index in [9.17, 15) is 0 Å². The molecule has 0 aliphatic carbocycles. The number of benzene rings is 2. The summed E-state index contributed by atoms with van der Waals surface area (Å²) < 4.78 is 10.5. The number of methoxy groups -OCH3 is 1. The van der Waals surface area contributed by atoms with Crippen LogP contribution >= 0.6 is 0 Å². The maximum atomic E-state index is 5.89. The van der Waals surface area contributed by atoms with Crippen molar-refractivity contribution in [3.05, 3.63) is 42.5 Å². The molecule has 0 aromatic heterocycles. The summed E-state index contributed by atoms with van der Waals surface area (Å²) in [5.41, 5.74) is 15.1. The SMILES string of the molecule is COCCOc1cc(-c2ccc(N)cc2)ccc1N. The van der Waals surface area contributed by atoms with E-state index in [1.54, 1.807) is 7.11 Å². The summed E-state index contributed by atoms with van der Waals surface area (Å²) in [6.45, 7) is 1.01. The molecule has 0 fully saturated rings. The lowest BCUT2D eigenvalue weighted by atomic mass is 10.0. The predicted octanol–water partition coefficient (Wildman–Crippen LogP) is 2.54. The molecule has 0 radical (unpaired) electrons. The molecule has 0 saturated carbocycles. The monoisotopic (exact) mass is 258 g/mol. The van der Waals surface area contributed by atoms with Gasteiger partial charge in [-0.1, -0.05) is 18.2 Å². The molecule has 0 unspecified atom stereocenters. The predicted molar refractivity (Wildman–Crippen MR) is 78.1 cm³/mol. The molecule has 0 aliphatic rings. The molecule has 0 heterocycles. The molecular weight excluding hydrogens is 240 g/mol. The van der Waals surface area contributed by atoms with Crippen molar-refractivity contribution >= 4 is 11.4 Å². The lowest BCUT2D eigenvalue weighted by Crippen LogP contribution is -2.05. The largest absolute Gasteiger partial charge is 0.489 e. The first kappa shape index (κ1) is 13.2. The summed E-state index contributed by atoms with van der Waals surface area (Å²) in [5, 5.41) is 0. The Bertz CT molecular complexity index is 538. The van der Waals surface area contributed by atoms with Gasteiger partial charge in [0.05, 0.1) is 12.3 Å². The van der Waals surface area contributed by atoms with Crippen molar-refractivity contribution in [3.8, 4) is 16.9 Å². The Hall–Kier alpha value is -2.20. The van der Waals surface area contributed by atoms with Crippen molar-refractivity contribution in [1.29, 1.82) is 0 Å². The lowest BCUT2D eigenvalue weighted by Gasteiger charge is -2.10. The number of hydrogen-bond donors (Lipinski definition) is 2. The van der Waals surface area contributed by atoms with Gasteiger partial charge < -0.3 is 20.9 Å². The first-order valence-electron chi connectivity index (χ1n) is 6.08. The molecule has 19 heavy (non-hydrogen) atoms. The lowest BCUT2D eigenvalue weighted by molar-refractivity contribution is 0.147. The van der Waals surface area contributed by atoms with Gasteiger partial charge in [-0.25, -0.2) is 0 Å². The second-order valence-electron chi connectivity index (χ2n) is 4.22. The Morgan fingerprint density at radius 1 is 0.895 bits per heavy atom. The average molecular weight is 258 g/mol. The number of rotatable bonds is 5. The van der Waals surface area contributed by atoms with Gasteiger partial charge in [-0.05, 0) is 35.4 Å². The minimum atomic E-state index is 0.478. The van der Waals surface area contributed by atoms with Crippen molar-refractivity contribution in [3.63, 3.8) is 0 Å². The standard InChI is InChI=1S/C15H18N2O2/c1-18-8-9-19-15-10-12(4-7-14(15)17)11-2-5-13(16)6-3-11/h2-7,10H,8-9,16-17H2,1H3. The van der Waals surface area contributed by atoms with E-state index in [0.717, 1.165) is 16.8 Å². The van der Waals surface area contributed by atoms with E-state index < -0.39 is 0 Å². The molecule has 2 rings (SSSR count). The number of hydrogen-bond acceptors (Lipinski definition) is 4. The van der Waals surface area contributed by atoms with Gasteiger partial charge in [-0.2, -0.15) is 0 Å². The van der Waals surface area contributed by atoms with Crippen molar-refractivity contribution < 1.29 is 9.47 Å². The van der Waals surface area contributed by atoms with Crippen LogP contribution in [0.15, 0.2) is 42.5 Å². The molecule has 2 aromatic carbocycles. The highest BCUT2D eigenvalue weighted by Crippen LogP contribution is 2.29. The van der Waals surface area contributed by atoms with E-state index in [1.807, 2.05) is 42.5 Å². The van der Waals surface area contributed by atoms with Gasteiger partial charge >= 0.3 is 0 Å². The van der Waals surface area contributed by atoms with Gasteiger partial charge in [-0.3, -0.25) is 0 Å². The Morgan fingerprint density at radius 2 is 1.58 bits per heavy atom. The van der Waals surface area contributed by atoms with E-state index >= 15 is 0 Å². The second-order valence-corrected chi connectivity index (χ2v) is 4.22. The Balaban J connectivity index is 2.22. The normalized spacial score (nSPS) is 10.4. The van der Waals surface area contributed by atoms with Crippen molar-refractivity contribution in [2.45, 2.75) is 0 Å². The van der Waals surface area contributed by atoms with Gasteiger partial charge in [-0.15, -0.1) is 0 Å². The van der Waals surface area contributed by atoms with Crippen LogP contribution in [-0.2, 0) is 4.74 Å². The number of anilines is 2. The fraction of sp³-hybridized carbons (Fsp3) is 0.200.